The van der Waals surface area contributed by atoms with E-state index in [0.29, 0.717) is 23.9 Å². The van der Waals surface area contributed by atoms with Crippen LogP contribution in [0.4, 0.5) is 5.69 Å². The Morgan fingerprint density at radius 3 is 2.58 bits per heavy atom. The van der Waals surface area contributed by atoms with Gasteiger partial charge in [-0.15, -0.1) is 0 Å². The van der Waals surface area contributed by atoms with Crippen molar-refractivity contribution >= 4 is 22.2 Å². The molecular formula is C31H37N3O2. The molecule has 4 aliphatic rings. The molecule has 1 aromatic carbocycles. The van der Waals surface area contributed by atoms with E-state index in [1.165, 1.54) is 92.5 Å². The molecule has 7 rings (SSSR count). The lowest BCUT2D eigenvalue weighted by Crippen LogP contribution is -2.42. The van der Waals surface area contributed by atoms with Crippen molar-refractivity contribution in [3.05, 3.63) is 53.6 Å². The minimum Gasteiger partial charge on any atom is -0.493 e. The van der Waals surface area contributed by atoms with Gasteiger partial charge in [0.2, 0.25) is 0 Å². The summed E-state index contributed by atoms with van der Waals surface area (Å²) in [5, 5.41) is 5.80. The Balaban J connectivity index is 1.10. The van der Waals surface area contributed by atoms with Crippen LogP contribution in [-0.4, -0.2) is 29.8 Å². The van der Waals surface area contributed by atoms with Crippen molar-refractivity contribution in [3.8, 4) is 5.75 Å². The van der Waals surface area contributed by atoms with Crippen molar-refractivity contribution in [2.75, 3.05) is 24.6 Å². The highest BCUT2D eigenvalue weighted by Crippen LogP contribution is 2.56. The van der Waals surface area contributed by atoms with Crippen LogP contribution in [0.5, 0.6) is 5.75 Å². The van der Waals surface area contributed by atoms with Gasteiger partial charge in [-0.2, -0.15) is 0 Å². The number of hydrogen-bond donors (Lipinski definition) is 0. The molecule has 0 bridgehead atoms. The van der Waals surface area contributed by atoms with Crippen LogP contribution in [0.25, 0.3) is 16.5 Å². The van der Waals surface area contributed by atoms with Crippen molar-refractivity contribution < 1.29 is 9.26 Å². The lowest BCUT2D eigenvalue weighted by atomic mass is 9.63. The lowest BCUT2D eigenvalue weighted by molar-refractivity contribution is 0.277. The summed E-state index contributed by atoms with van der Waals surface area (Å²) in [5.74, 6) is 3.36. The Labute approximate surface area is 213 Å². The van der Waals surface area contributed by atoms with Crippen molar-refractivity contribution in [1.82, 2.24) is 10.1 Å². The Bertz CT molecular complexity index is 1290. The van der Waals surface area contributed by atoms with Gasteiger partial charge in [-0.3, -0.25) is 4.98 Å². The highest BCUT2D eigenvalue weighted by Gasteiger charge is 2.44. The average Bonchev–Trinajstić information content (AvgIpc) is 3.66. The molecule has 3 aromatic rings. The molecule has 3 aliphatic carbocycles. The Kier molecular flexibility index (Phi) is 5.55. The molecule has 0 radical (unpaired) electrons. The van der Waals surface area contributed by atoms with Crippen molar-refractivity contribution in [3.63, 3.8) is 0 Å². The fraction of sp³-hybridized carbons (Fsp3) is 0.548. The second-order valence-electron chi connectivity index (χ2n) is 11.6. The smallest absolute Gasteiger partial charge is 0.147 e. The molecule has 0 unspecified atom stereocenters. The monoisotopic (exact) mass is 483 g/mol. The molecule has 3 heterocycles. The zero-order valence-electron chi connectivity index (χ0n) is 21.5. The van der Waals surface area contributed by atoms with E-state index in [0.717, 1.165) is 29.7 Å². The van der Waals surface area contributed by atoms with Crippen LogP contribution in [0.1, 0.15) is 100.0 Å². The van der Waals surface area contributed by atoms with Gasteiger partial charge in [0.1, 0.15) is 11.5 Å². The average molecular weight is 484 g/mol. The Morgan fingerprint density at radius 2 is 1.83 bits per heavy atom. The highest BCUT2D eigenvalue weighted by molar-refractivity contribution is 5.88. The van der Waals surface area contributed by atoms with E-state index in [1.54, 1.807) is 0 Å². The van der Waals surface area contributed by atoms with E-state index in [2.05, 4.69) is 34.2 Å². The van der Waals surface area contributed by atoms with Gasteiger partial charge in [0.25, 0.3) is 0 Å². The molecule has 1 spiro atoms. The molecule has 0 atom stereocenters. The van der Waals surface area contributed by atoms with E-state index < -0.39 is 0 Å². The third kappa shape index (κ3) is 3.91. The van der Waals surface area contributed by atoms with Crippen LogP contribution in [0.3, 0.4) is 0 Å². The second-order valence-corrected chi connectivity index (χ2v) is 11.6. The molecule has 0 amide bonds. The standard InChI is InChI=1S/C31H37N3O2/c1-2-35-27-12-15-32-26-11-10-24(18-25(26)27)34-16-13-31(14-17-34)19-23(20-31)28-29(21-6-4-3-5-7-21)33-36-30(28)22-8-9-22/h10-12,15,18-19,21-22H,2-9,13-14,16-17,20H2,1H3. The van der Waals surface area contributed by atoms with E-state index in [1.807, 2.05) is 19.2 Å². The largest absolute Gasteiger partial charge is 0.493 e. The predicted octanol–water partition coefficient (Wildman–Crippen LogP) is 7.62. The zero-order chi connectivity index (χ0) is 24.1. The first-order chi connectivity index (χ1) is 17.7. The van der Waals surface area contributed by atoms with Gasteiger partial charge >= 0.3 is 0 Å². The second kappa shape index (κ2) is 8.93. The topological polar surface area (TPSA) is 51.4 Å². The van der Waals surface area contributed by atoms with Crippen LogP contribution in [0.2, 0.25) is 0 Å². The molecular weight excluding hydrogens is 446 g/mol. The minimum absolute atomic E-state index is 0.350. The maximum Gasteiger partial charge on any atom is 0.147 e. The first-order valence-corrected chi connectivity index (χ1v) is 14.2. The number of fused-ring (bicyclic) bond motifs is 1. The molecule has 188 valence electrons. The summed E-state index contributed by atoms with van der Waals surface area (Å²) in [6.45, 7) is 4.88. The summed E-state index contributed by atoms with van der Waals surface area (Å²) in [6, 6.07) is 8.60. The number of aromatic nitrogens is 2. The number of piperidine rings is 1. The molecule has 36 heavy (non-hydrogen) atoms. The van der Waals surface area contributed by atoms with Gasteiger partial charge in [0.15, 0.2) is 0 Å². The summed E-state index contributed by atoms with van der Waals surface area (Å²) >= 11 is 0. The number of allylic oxidation sites excluding steroid dienone is 2. The highest BCUT2D eigenvalue weighted by atomic mass is 16.5. The number of benzene rings is 1. The van der Waals surface area contributed by atoms with Crippen LogP contribution in [-0.2, 0) is 0 Å². The zero-order valence-corrected chi connectivity index (χ0v) is 21.5. The molecule has 5 heteroatoms. The first-order valence-electron chi connectivity index (χ1n) is 14.2. The first kappa shape index (κ1) is 22.4. The van der Waals surface area contributed by atoms with E-state index in [-0.39, 0.29) is 0 Å². The van der Waals surface area contributed by atoms with Gasteiger partial charge < -0.3 is 14.2 Å². The van der Waals surface area contributed by atoms with Crippen molar-refractivity contribution in [2.45, 2.75) is 83.0 Å². The fourth-order valence-corrected chi connectivity index (χ4v) is 6.92. The van der Waals surface area contributed by atoms with E-state index >= 15 is 0 Å². The molecule has 0 N–H and O–H groups in total. The van der Waals surface area contributed by atoms with Crippen molar-refractivity contribution in [1.29, 1.82) is 0 Å². The summed E-state index contributed by atoms with van der Waals surface area (Å²) in [4.78, 5) is 7.08. The fourth-order valence-electron chi connectivity index (χ4n) is 6.92. The summed E-state index contributed by atoms with van der Waals surface area (Å²) in [6.07, 6.45) is 17.2. The predicted molar refractivity (Wildman–Crippen MR) is 144 cm³/mol. The number of rotatable bonds is 6. The normalized spacial score (nSPS) is 22.0. The maximum atomic E-state index is 6.03. The SMILES string of the molecule is CCOc1ccnc2ccc(N3CCC4(C=C(c5c(C6CCCCC6)noc5C5CC5)C4)CC3)cc12. The van der Waals surface area contributed by atoms with Gasteiger partial charge in [-0.05, 0) is 87.1 Å². The molecule has 2 saturated carbocycles. The summed E-state index contributed by atoms with van der Waals surface area (Å²) < 4.78 is 11.9. The number of pyridine rings is 1. The number of nitrogens with zero attached hydrogens (tertiary/aromatic N) is 3. The molecule has 1 saturated heterocycles. The van der Waals surface area contributed by atoms with Crippen LogP contribution in [0.15, 0.2) is 41.1 Å². The Hall–Kier alpha value is -2.82. The third-order valence-electron chi connectivity index (χ3n) is 9.14. The van der Waals surface area contributed by atoms with E-state index in [4.69, 9.17) is 14.4 Å². The lowest BCUT2D eigenvalue weighted by Gasteiger charge is -2.47. The quantitative estimate of drug-likeness (QED) is 0.361. The molecule has 2 aromatic heterocycles. The molecule has 3 fully saturated rings. The molecule has 1 aliphatic heterocycles. The summed E-state index contributed by atoms with van der Waals surface area (Å²) in [5.41, 5.74) is 6.89. The number of anilines is 1. The van der Waals surface area contributed by atoms with Crippen LogP contribution < -0.4 is 9.64 Å². The van der Waals surface area contributed by atoms with Crippen LogP contribution >= 0.6 is 0 Å². The van der Waals surface area contributed by atoms with Gasteiger partial charge in [0, 0.05) is 47.8 Å². The summed E-state index contributed by atoms with van der Waals surface area (Å²) in [7, 11) is 0. The van der Waals surface area contributed by atoms with Crippen molar-refractivity contribution in [2.24, 2.45) is 5.41 Å². The third-order valence-corrected chi connectivity index (χ3v) is 9.14. The number of hydrogen-bond acceptors (Lipinski definition) is 5. The maximum absolute atomic E-state index is 6.03. The number of ether oxygens (including phenoxy) is 1. The van der Waals surface area contributed by atoms with Gasteiger partial charge in [-0.25, -0.2) is 0 Å². The molecule has 5 nitrogen and oxygen atoms in total. The van der Waals surface area contributed by atoms with Gasteiger partial charge in [0.05, 0.1) is 17.8 Å². The van der Waals surface area contributed by atoms with E-state index in [9.17, 15) is 0 Å². The Morgan fingerprint density at radius 1 is 1.03 bits per heavy atom. The van der Waals surface area contributed by atoms with Gasteiger partial charge in [-0.1, -0.05) is 30.5 Å². The minimum atomic E-state index is 0.350. The van der Waals surface area contributed by atoms with Crippen LogP contribution in [0, 0.1) is 5.41 Å².